The average molecular weight is 417 g/mol. The fraction of sp³-hybridized carbons (Fsp3) is 0.263. The summed E-state index contributed by atoms with van der Waals surface area (Å²) in [7, 11) is 0. The van der Waals surface area contributed by atoms with Gasteiger partial charge in [-0.2, -0.15) is 0 Å². The molecule has 1 saturated heterocycles. The lowest BCUT2D eigenvalue weighted by atomic mass is 10.1. The average Bonchev–Trinajstić information content (AvgIpc) is 2.64. The zero-order chi connectivity index (χ0) is 17.9. The van der Waals surface area contributed by atoms with Gasteiger partial charge in [0.15, 0.2) is 0 Å². The molecule has 2 heterocycles. The maximum absolute atomic E-state index is 13.3. The molecule has 0 amide bonds. The van der Waals surface area contributed by atoms with Crippen molar-refractivity contribution < 1.29 is 9.13 Å². The van der Waals surface area contributed by atoms with Crippen LogP contribution in [-0.2, 0) is 0 Å². The lowest BCUT2D eigenvalue weighted by Gasteiger charge is -2.24. The second-order valence-corrected chi connectivity index (χ2v) is 7.09. The highest BCUT2D eigenvalue weighted by Crippen LogP contribution is 2.31. The van der Waals surface area contributed by atoms with E-state index in [1.807, 2.05) is 12.1 Å². The quantitative estimate of drug-likeness (QED) is 0.659. The Morgan fingerprint density at radius 2 is 2.04 bits per heavy atom. The molecule has 26 heavy (non-hydrogen) atoms. The third-order valence-corrected chi connectivity index (χ3v) is 4.91. The van der Waals surface area contributed by atoms with Crippen molar-refractivity contribution in [3.8, 4) is 5.75 Å². The number of nitrogens with one attached hydrogen (secondary N) is 2. The third-order valence-electron chi connectivity index (χ3n) is 4.29. The monoisotopic (exact) mass is 416 g/mol. The topological polar surface area (TPSA) is 59.1 Å². The minimum Gasteiger partial charge on any atom is -0.489 e. The summed E-state index contributed by atoms with van der Waals surface area (Å²) in [5.74, 6) is 0.885. The first-order chi connectivity index (χ1) is 12.7. The molecule has 3 aromatic rings. The van der Waals surface area contributed by atoms with Crippen molar-refractivity contribution in [2.75, 3.05) is 18.4 Å². The smallest absolute Gasteiger partial charge is 0.227 e. The number of hydrogen-bond acceptors (Lipinski definition) is 5. The molecule has 0 aliphatic carbocycles. The molecular formula is C19H18BrFN4O. The zero-order valence-electron chi connectivity index (χ0n) is 14.0. The predicted octanol–water partition coefficient (Wildman–Crippen LogP) is 4.41. The van der Waals surface area contributed by atoms with Gasteiger partial charge in [-0.1, -0.05) is 6.07 Å². The molecule has 134 valence electrons. The number of piperidine rings is 1. The lowest BCUT2D eigenvalue weighted by Crippen LogP contribution is -2.34. The first-order valence-corrected chi connectivity index (χ1v) is 9.33. The summed E-state index contributed by atoms with van der Waals surface area (Å²) in [6.45, 7) is 1.94. The number of anilines is 2. The van der Waals surface area contributed by atoms with Gasteiger partial charge in [0.05, 0.1) is 9.99 Å². The number of halogens is 2. The summed E-state index contributed by atoms with van der Waals surface area (Å²) in [6.07, 6.45) is 3.92. The molecule has 2 aromatic carbocycles. The van der Waals surface area contributed by atoms with Crippen molar-refractivity contribution in [3.63, 3.8) is 0 Å². The van der Waals surface area contributed by atoms with Crippen LogP contribution >= 0.6 is 15.9 Å². The molecule has 0 bridgehead atoms. The second-order valence-electron chi connectivity index (χ2n) is 6.24. The van der Waals surface area contributed by atoms with Crippen molar-refractivity contribution >= 4 is 38.5 Å². The summed E-state index contributed by atoms with van der Waals surface area (Å²) in [5.41, 5.74) is 1.37. The Bertz CT molecular complexity index is 931. The minimum absolute atomic E-state index is 0.205. The van der Waals surface area contributed by atoms with E-state index in [2.05, 4.69) is 36.5 Å². The number of ether oxygens (including phenoxy) is 1. The van der Waals surface area contributed by atoms with Crippen LogP contribution in [0, 0.1) is 5.82 Å². The van der Waals surface area contributed by atoms with E-state index in [0.29, 0.717) is 11.6 Å². The molecular weight excluding hydrogens is 399 g/mol. The van der Waals surface area contributed by atoms with Crippen LogP contribution in [-0.4, -0.2) is 29.2 Å². The summed E-state index contributed by atoms with van der Waals surface area (Å²) < 4.78 is 20.4. The first-order valence-electron chi connectivity index (χ1n) is 8.54. The molecule has 1 aromatic heterocycles. The van der Waals surface area contributed by atoms with Crippen molar-refractivity contribution in [1.82, 2.24) is 15.3 Å². The molecule has 2 N–H and O–H groups in total. The highest BCUT2D eigenvalue weighted by atomic mass is 79.9. The molecule has 1 fully saturated rings. The van der Waals surface area contributed by atoms with E-state index < -0.39 is 0 Å². The van der Waals surface area contributed by atoms with Gasteiger partial charge in [0.2, 0.25) is 5.95 Å². The summed E-state index contributed by atoms with van der Waals surface area (Å²) in [5, 5.41) is 7.26. The molecule has 0 atom stereocenters. The molecule has 0 spiro atoms. The van der Waals surface area contributed by atoms with Crippen LogP contribution in [0.1, 0.15) is 12.8 Å². The van der Waals surface area contributed by atoms with Crippen LogP contribution in [0.5, 0.6) is 5.75 Å². The van der Waals surface area contributed by atoms with Crippen molar-refractivity contribution in [1.29, 1.82) is 0 Å². The Morgan fingerprint density at radius 1 is 1.19 bits per heavy atom. The third kappa shape index (κ3) is 3.94. The molecule has 7 heteroatoms. The molecule has 0 radical (unpaired) electrons. The van der Waals surface area contributed by atoms with Crippen LogP contribution in [0.2, 0.25) is 0 Å². The van der Waals surface area contributed by atoms with Crippen LogP contribution < -0.4 is 15.4 Å². The summed E-state index contributed by atoms with van der Waals surface area (Å²) in [6, 6.07) is 10.1. The van der Waals surface area contributed by atoms with Crippen LogP contribution in [0.15, 0.2) is 47.1 Å². The lowest BCUT2D eigenvalue weighted by molar-refractivity contribution is 0.161. The normalized spacial score (nSPS) is 15.2. The van der Waals surface area contributed by atoms with E-state index in [1.54, 1.807) is 18.3 Å². The molecule has 1 aliphatic rings. The van der Waals surface area contributed by atoms with Gasteiger partial charge >= 0.3 is 0 Å². The van der Waals surface area contributed by atoms with Gasteiger partial charge in [0.25, 0.3) is 0 Å². The van der Waals surface area contributed by atoms with Gasteiger partial charge in [-0.05, 0) is 66.1 Å². The maximum Gasteiger partial charge on any atom is 0.227 e. The second kappa shape index (κ2) is 7.55. The fourth-order valence-electron chi connectivity index (χ4n) is 2.97. The predicted molar refractivity (Wildman–Crippen MR) is 103 cm³/mol. The van der Waals surface area contributed by atoms with E-state index in [-0.39, 0.29) is 11.9 Å². The zero-order valence-corrected chi connectivity index (χ0v) is 15.6. The van der Waals surface area contributed by atoms with E-state index in [0.717, 1.165) is 47.1 Å². The van der Waals surface area contributed by atoms with Crippen LogP contribution in [0.25, 0.3) is 10.9 Å². The van der Waals surface area contributed by atoms with Crippen LogP contribution in [0.3, 0.4) is 0 Å². The number of fused-ring (bicyclic) bond motifs is 1. The van der Waals surface area contributed by atoms with Gasteiger partial charge < -0.3 is 15.4 Å². The Kier molecular flexibility index (Phi) is 4.99. The van der Waals surface area contributed by atoms with E-state index in [4.69, 9.17) is 4.74 Å². The number of aromatic nitrogens is 2. The fourth-order valence-corrected chi connectivity index (χ4v) is 3.43. The Balaban J connectivity index is 1.60. The van der Waals surface area contributed by atoms with Gasteiger partial charge in [-0.25, -0.2) is 14.4 Å². The molecule has 1 aliphatic heterocycles. The molecule has 4 rings (SSSR count). The number of rotatable bonds is 4. The summed E-state index contributed by atoms with van der Waals surface area (Å²) >= 11 is 3.57. The van der Waals surface area contributed by atoms with Gasteiger partial charge in [-0.3, -0.25) is 0 Å². The van der Waals surface area contributed by atoms with Gasteiger partial charge in [-0.15, -0.1) is 0 Å². The highest BCUT2D eigenvalue weighted by molar-refractivity contribution is 9.10. The largest absolute Gasteiger partial charge is 0.489 e. The van der Waals surface area contributed by atoms with E-state index in [1.165, 1.54) is 12.1 Å². The molecule has 0 unspecified atom stereocenters. The van der Waals surface area contributed by atoms with Crippen LogP contribution in [0.4, 0.5) is 16.0 Å². The van der Waals surface area contributed by atoms with Gasteiger partial charge in [0.1, 0.15) is 17.7 Å². The standard InChI is InChI=1S/C19H18BrFN4O/c20-16-8-12-11-23-19(24-14-3-1-2-13(21)9-14)25-17(12)10-18(16)26-15-4-6-22-7-5-15/h1-3,8-11,15,22H,4-7H2,(H,23,24,25). The summed E-state index contributed by atoms with van der Waals surface area (Å²) in [4.78, 5) is 8.84. The van der Waals surface area contributed by atoms with Crippen molar-refractivity contribution in [3.05, 3.63) is 52.9 Å². The number of nitrogens with zero attached hydrogens (tertiary/aromatic N) is 2. The van der Waals surface area contributed by atoms with Crippen molar-refractivity contribution in [2.24, 2.45) is 0 Å². The van der Waals surface area contributed by atoms with E-state index in [9.17, 15) is 4.39 Å². The van der Waals surface area contributed by atoms with E-state index >= 15 is 0 Å². The van der Waals surface area contributed by atoms with Crippen molar-refractivity contribution in [2.45, 2.75) is 18.9 Å². The van der Waals surface area contributed by atoms with Gasteiger partial charge in [0, 0.05) is 23.3 Å². The first kappa shape index (κ1) is 17.2. The minimum atomic E-state index is -0.308. The number of benzene rings is 2. The highest BCUT2D eigenvalue weighted by Gasteiger charge is 2.16. The Hall–Kier alpha value is -2.25. The molecule has 0 saturated carbocycles. The Morgan fingerprint density at radius 3 is 2.85 bits per heavy atom. The molecule has 5 nitrogen and oxygen atoms in total. The Labute approximate surface area is 159 Å². The maximum atomic E-state index is 13.3. The SMILES string of the molecule is Fc1cccc(Nc2ncc3cc(Br)c(OC4CCNCC4)cc3n2)c1. The number of hydrogen-bond donors (Lipinski definition) is 2.